The van der Waals surface area contributed by atoms with Crippen molar-refractivity contribution in [2.24, 2.45) is 9.36 Å². The average Bonchev–Trinajstić information content (AvgIpc) is 3.31. The number of carbonyl (C=O) groups is 2. The van der Waals surface area contributed by atoms with Crippen molar-refractivity contribution in [3.8, 4) is 5.88 Å². The number of nitrogens with zero attached hydrogens (tertiary/aromatic N) is 4. The van der Waals surface area contributed by atoms with Gasteiger partial charge in [0.2, 0.25) is 11.8 Å². The Bertz CT molecular complexity index is 1100. The monoisotopic (exact) mass is 497 g/mol. The van der Waals surface area contributed by atoms with E-state index in [9.17, 15) is 18.0 Å². The third-order valence-electron chi connectivity index (χ3n) is 3.44. The summed E-state index contributed by atoms with van der Waals surface area (Å²) in [5, 5.41) is 2.17. The second-order valence-electron chi connectivity index (χ2n) is 5.61. The first kappa shape index (κ1) is 25.3. The summed E-state index contributed by atoms with van der Waals surface area (Å²) < 4.78 is 34.0. The smallest absolute Gasteiger partial charge is 0.362 e. The fourth-order valence-corrected chi connectivity index (χ4v) is 4.21. The van der Waals surface area contributed by atoms with Crippen LogP contribution in [0.3, 0.4) is 0 Å². The van der Waals surface area contributed by atoms with Crippen molar-refractivity contribution in [1.82, 2.24) is 9.97 Å². The number of nitrogens with one attached hydrogen (secondary N) is 1. The van der Waals surface area contributed by atoms with Gasteiger partial charge in [0.25, 0.3) is 0 Å². The Balaban J connectivity index is 0.000000303. The highest BCUT2D eigenvalue weighted by atomic mass is 32.2. The van der Waals surface area contributed by atoms with Crippen LogP contribution in [0.2, 0.25) is 0 Å². The van der Waals surface area contributed by atoms with Crippen molar-refractivity contribution in [3.05, 3.63) is 47.7 Å². The second kappa shape index (κ2) is 13.4. The van der Waals surface area contributed by atoms with Crippen molar-refractivity contribution in [2.45, 2.75) is 5.75 Å². The highest BCUT2D eigenvalue weighted by Gasteiger charge is 2.12. The Labute approximate surface area is 194 Å². The van der Waals surface area contributed by atoms with Crippen LogP contribution < -0.4 is 10.1 Å². The standard InChI is InChI=1S/C10H11N5O4S3.C8H8O2/c1-19-7-4-6(5-21-10-11-2-3-20-10)12-8(13-7)14-9(16)15-22(17)18;1-10-8(9)7-5-3-2-4-6-7/h4H,2-3,5H2,1H3,(H,12,13,14,16);2-6H,1H3. The summed E-state index contributed by atoms with van der Waals surface area (Å²) in [6.45, 7) is 0.815. The summed E-state index contributed by atoms with van der Waals surface area (Å²) in [6.07, 6.45) is 0. The van der Waals surface area contributed by atoms with Crippen molar-refractivity contribution in [1.29, 1.82) is 0 Å². The van der Waals surface area contributed by atoms with Crippen molar-refractivity contribution < 1.29 is 27.5 Å². The molecule has 2 heterocycles. The number of benzene rings is 1. The van der Waals surface area contributed by atoms with Gasteiger partial charge in [-0.2, -0.15) is 13.4 Å². The average molecular weight is 498 g/mol. The molecule has 0 fully saturated rings. The molecule has 0 spiro atoms. The number of anilines is 1. The van der Waals surface area contributed by atoms with Gasteiger partial charge >= 0.3 is 22.5 Å². The normalized spacial score (nSPS) is 12.0. The highest BCUT2D eigenvalue weighted by molar-refractivity contribution is 8.38. The van der Waals surface area contributed by atoms with E-state index in [2.05, 4.69) is 29.4 Å². The highest BCUT2D eigenvalue weighted by Crippen LogP contribution is 2.26. The molecule has 1 aromatic heterocycles. The van der Waals surface area contributed by atoms with Crippen LogP contribution in [0.25, 0.3) is 0 Å². The van der Waals surface area contributed by atoms with E-state index in [0.717, 1.165) is 16.7 Å². The summed E-state index contributed by atoms with van der Waals surface area (Å²) in [4.78, 5) is 34.4. The predicted molar refractivity (Wildman–Crippen MR) is 123 cm³/mol. The van der Waals surface area contributed by atoms with Crippen LogP contribution >= 0.6 is 23.5 Å². The minimum atomic E-state index is -2.83. The van der Waals surface area contributed by atoms with Gasteiger partial charge in [-0.3, -0.25) is 10.3 Å². The van der Waals surface area contributed by atoms with Crippen molar-refractivity contribution >= 4 is 56.3 Å². The predicted octanol–water partition coefficient (Wildman–Crippen LogP) is 2.89. The molecule has 1 aliphatic heterocycles. The van der Waals surface area contributed by atoms with E-state index in [1.807, 2.05) is 6.07 Å². The van der Waals surface area contributed by atoms with Crippen LogP contribution in [0.5, 0.6) is 5.88 Å². The summed E-state index contributed by atoms with van der Waals surface area (Å²) in [7, 11) is -0.0337. The Morgan fingerprint density at radius 1 is 1.22 bits per heavy atom. The SMILES string of the molecule is COC(=O)c1ccccc1.COc1cc(CSC2=NCCS2)nc(NC(=O)N=S(=O)=O)n1. The van der Waals surface area contributed by atoms with Crippen LogP contribution in [0.4, 0.5) is 10.7 Å². The molecule has 0 atom stereocenters. The number of amides is 2. The number of hydrogen-bond acceptors (Lipinski definition) is 11. The number of aromatic nitrogens is 2. The van der Waals surface area contributed by atoms with Crippen LogP contribution in [0, 0.1) is 0 Å². The number of carbonyl (C=O) groups excluding carboxylic acids is 2. The molecule has 0 bridgehead atoms. The molecule has 0 unspecified atom stereocenters. The number of urea groups is 1. The Morgan fingerprint density at radius 3 is 2.56 bits per heavy atom. The van der Waals surface area contributed by atoms with Gasteiger partial charge < -0.3 is 9.47 Å². The van der Waals surface area contributed by atoms with Crippen molar-refractivity contribution in [3.63, 3.8) is 0 Å². The minimum absolute atomic E-state index is 0.0739. The Morgan fingerprint density at radius 2 is 1.97 bits per heavy atom. The van der Waals surface area contributed by atoms with Gasteiger partial charge in [-0.05, 0) is 12.1 Å². The molecule has 2 aromatic rings. The molecule has 14 heteroatoms. The molecular weight excluding hydrogens is 478 g/mol. The van der Waals surface area contributed by atoms with Gasteiger partial charge in [-0.15, -0.1) is 0 Å². The Kier molecular flexibility index (Phi) is 10.6. The summed E-state index contributed by atoms with van der Waals surface area (Å²) in [5.41, 5.74) is 1.20. The van der Waals surface area contributed by atoms with Gasteiger partial charge in [0, 0.05) is 17.6 Å². The van der Waals surface area contributed by atoms with E-state index in [0.29, 0.717) is 17.0 Å². The maximum atomic E-state index is 11.3. The fourth-order valence-electron chi connectivity index (χ4n) is 2.12. The quantitative estimate of drug-likeness (QED) is 0.611. The fraction of sp³-hybridized carbons (Fsp3) is 0.278. The van der Waals surface area contributed by atoms with Crippen LogP contribution in [0.15, 0.2) is 45.8 Å². The van der Waals surface area contributed by atoms with Crippen LogP contribution in [-0.2, 0) is 21.0 Å². The maximum absolute atomic E-state index is 11.3. The van der Waals surface area contributed by atoms with E-state index in [1.165, 1.54) is 26.0 Å². The van der Waals surface area contributed by atoms with E-state index >= 15 is 0 Å². The molecule has 1 aliphatic rings. The first-order chi connectivity index (χ1) is 15.4. The number of thioether (sulfide) groups is 2. The molecule has 11 nitrogen and oxygen atoms in total. The first-order valence-corrected chi connectivity index (χ1v) is 11.9. The van der Waals surface area contributed by atoms with E-state index in [1.54, 1.807) is 42.1 Å². The lowest BCUT2D eigenvalue weighted by atomic mass is 10.2. The molecule has 170 valence electrons. The number of hydrogen-bond donors (Lipinski definition) is 1. The lowest BCUT2D eigenvalue weighted by molar-refractivity contribution is 0.0600. The largest absolute Gasteiger partial charge is 0.481 e. The topological polar surface area (TPSA) is 149 Å². The van der Waals surface area contributed by atoms with Gasteiger partial charge in [-0.1, -0.05) is 46.1 Å². The molecule has 0 radical (unpaired) electrons. The van der Waals surface area contributed by atoms with Gasteiger partial charge in [-0.25, -0.2) is 14.6 Å². The van der Waals surface area contributed by atoms with Gasteiger partial charge in [0.15, 0.2) is 0 Å². The van der Waals surface area contributed by atoms with E-state index in [-0.39, 0.29) is 17.8 Å². The number of rotatable bonds is 5. The summed E-state index contributed by atoms with van der Waals surface area (Å²) in [5.74, 6) is 1.39. The number of esters is 1. The summed E-state index contributed by atoms with van der Waals surface area (Å²) in [6, 6.07) is 9.44. The number of aliphatic imine (C=N–C) groups is 1. The number of methoxy groups -OCH3 is 2. The molecule has 0 aliphatic carbocycles. The zero-order valence-electron chi connectivity index (χ0n) is 17.0. The first-order valence-electron chi connectivity index (χ1n) is 8.88. The molecule has 32 heavy (non-hydrogen) atoms. The third-order valence-corrected chi connectivity index (χ3v) is 6.04. The van der Waals surface area contributed by atoms with Crippen molar-refractivity contribution in [2.75, 3.05) is 31.8 Å². The zero-order valence-corrected chi connectivity index (χ0v) is 19.5. The van der Waals surface area contributed by atoms with Gasteiger partial charge in [0.05, 0.1) is 32.0 Å². The van der Waals surface area contributed by atoms with Crippen LogP contribution in [-0.4, -0.2) is 61.3 Å². The third kappa shape index (κ3) is 9.03. The minimum Gasteiger partial charge on any atom is -0.481 e. The second-order valence-corrected chi connectivity index (χ2v) is 8.53. The molecule has 1 aromatic carbocycles. The van der Waals surface area contributed by atoms with Gasteiger partial charge in [0.1, 0.15) is 4.38 Å². The molecule has 2 amide bonds. The lowest BCUT2D eigenvalue weighted by Crippen LogP contribution is -2.10. The number of ether oxygens (including phenoxy) is 2. The molecule has 0 saturated carbocycles. The molecular formula is C18H19N5O6S3. The maximum Gasteiger partial charge on any atom is 0.362 e. The Hall–Kier alpha value is -2.97. The van der Waals surface area contributed by atoms with E-state index in [4.69, 9.17) is 4.74 Å². The van der Waals surface area contributed by atoms with Crippen LogP contribution in [0.1, 0.15) is 16.1 Å². The lowest BCUT2D eigenvalue weighted by Gasteiger charge is -2.06. The molecule has 3 rings (SSSR count). The molecule has 1 N–H and O–H groups in total. The zero-order chi connectivity index (χ0) is 23.3. The molecule has 0 saturated heterocycles. The summed E-state index contributed by atoms with van der Waals surface area (Å²) >= 11 is 3.21. The van der Waals surface area contributed by atoms with E-state index < -0.39 is 16.5 Å².